The molecule has 30 heavy (non-hydrogen) atoms. The summed E-state index contributed by atoms with van der Waals surface area (Å²) >= 11 is 0. The molecule has 0 bridgehead atoms. The highest BCUT2D eigenvalue weighted by Crippen LogP contribution is 2.39. The van der Waals surface area contributed by atoms with E-state index in [1.54, 1.807) is 38.5 Å². The van der Waals surface area contributed by atoms with Crippen molar-refractivity contribution in [3.05, 3.63) is 41.7 Å². The minimum atomic E-state index is -0.427. The number of amides is 1. The Morgan fingerprint density at radius 2 is 1.93 bits per heavy atom. The minimum absolute atomic E-state index is 0.0475. The second-order valence-electron chi connectivity index (χ2n) is 7.60. The molecule has 1 atom stereocenters. The van der Waals surface area contributed by atoms with Gasteiger partial charge in [0.1, 0.15) is 17.5 Å². The van der Waals surface area contributed by atoms with E-state index in [0.29, 0.717) is 40.5 Å². The largest absolute Gasteiger partial charge is 0.497 e. The Labute approximate surface area is 173 Å². The number of ether oxygens (including phenoxy) is 2. The van der Waals surface area contributed by atoms with Gasteiger partial charge in [0.25, 0.3) is 5.91 Å². The predicted octanol–water partition coefficient (Wildman–Crippen LogP) is 3.75. The Morgan fingerprint density at radius 3 is 2.60 bits per heavy atom. The standard InChI is InChI=1S/C21H24N4O5/c1-11(2)18(21-23-19(25-30-21)12-5-6-12)22-20(26)15-10-17(29-24-15)14-9-13(27-3)7-8-16(14)28-4/h7-12,18H,5-6H2,1-4H3,(H,22,26). The van der Waals surface area contributed by atoms with Crippen molar-refractivity contribution in [3.63, 3.8) is 0 Å². The van der Waals surface area contributed by atoms with E-state index in [1.165, 1.54) is 0 Å². The van der Waals surface area contributed by atoms with Gasteiger partial charge in [-0.1, -0.05) is 24.2 Å². The van der Waals surface area contributed by atoms with Crippen molar-refractivity contribution in [2.75, 3.05) is 14.2 Å². The number of carbonyl (C=O) groups excluding carboxylic acids is 1. The normalized spacial score (nSPS) is 14.6. The molecule has 1 aliphatic carbocycles. The van der Waals surface area contributed by atoms with E-state index in [-0.39, 0.29) is 11.6 Å². The molecule has 0 spiro atoms. The van der Waals surface area contributed by atoms with Gasteiger partial charge in [0.15, 0.2) is 17.3 Å². The van der Waals surface area contributed by atoms with Crippen LogP contribution in [0.4, 0.5) is 0 Å². The first-order valence-corrected chi connectivity index (χ1v) is 9.83. The minimum Gasteiger partial charge on any atom is -0.497 e. The number of carbonyl (C=O) groups is 1. The van der Waals surface area contributed by atoms with Crippen molar-refractivity contribution in [2.24, 2.45) is 5.92 Å². The molecule has 4 rings (SSSR count). The molecule has 2 heterocycles. The summed E-state index contributed by atoms with van der Waals surface area (Å²) in [5, 5.41) is 10.9. The molecule has 0 aliphatic heterocycles. The van der Waals surface area contributed by atoms with Gasteiger partial charge in [-0.05, 0) is 37.0 Å². The fourth-order valence-electron chi connectivity index (χ4n) is 3.13. The SMILES string of the molecule is COc1ccc(OC)c(-c2cc(C(=O)NC(c3nc(C4CC4)no3)C(C)C)no2)c1. The summed E-state index contributed by atoms with van der Waals surface area (Å²) in [5.41, 5.74) is 0.775. The van der Waals surface area contributed by atoms with Crippen LogP contribution in [0.1, 0.15) is 60.9 Å². The van der Waals surface area contributed by atoms with Crippen LogP contribution in [0, 0.1) is 5.92 Å². The van der Waals surface area contributed by atoms with Gasteiger partial charge >= 0.3 is 0 Å². The maximum Gasteiger partial charge on any atom is 0.274 e. The molecule has 1 fully saturated rings. The number of benzene rings is 1. The molecule has 3 aromatic rings. The summed E-state index contributed by atoms with van der Waals surface area (Å²) in [4.78, 5) is 17.3. The molecule has 1 amide bonds. The molecule has 2 aromatic heterocycles. The van der Waals surface area contributed by atoms with Crippen molar-refractivity contribution < 1.29 is 23.3 Å². The van der Waals surface area contributed by atoms with Crippen LogP contribution in [0.5, 0.6) is 11.5 Å². The molecule has 9 nitrogen and oxygen atoms in total. The lowest BCUT2D eigenvalue weighted by molar-refractivity contribution is 0.0904. The van der Waals surface area contributed by atoms with Crippen LogP contribution in [-0.4, -0.2) is 35.4 Å². The first-order chi connectivity index (χ1) is 14.5. The fraction of sp³-hybridized carbons (Fsp3) is 0.429. The smallest absolute Gasteiger partial charge is 0.274 e. The molecule has 9 heteroatoms. The number of nitrogens with one attached hydrogen (secondary N) is 1. The van der Waals surface area contributed by atoms with Gasteiger partial charge in [-0.2, -0.15) is 4.98 Å². The van der Waals surface area contributed by atoms with Gasteiger partial charge in [0.05, 0.1) is 19.8 Å². The first-order valence-electron chi connectivity index (χ1n) is 9.83. The van der Waals surface area contributed by atoms with Crippen LogP contribution in [0.25, 0.3) is 11.3 Å². The zero-order valence-corrected chi connectivity index (χ0v) is 17.3. The van der Waals surface area contributed by atoms with Crippen molar-refractivity contribution in [3.8, 4) is 22.8 Å². The molecule has 1 unspecified atom stereocenters. The highest BCUT2D eigenvalue weighted by Gasteiger charge is 2.32. The number of nitrogens with zero attached hydrogens (tertiary/aromatic N) is 3. The molecule has 1 aliphatic rings. The summed E-state index contributed by atoms with van der Waals surface area (Å²) in [6.07, 6.45) is 2.15. The molecule has 1 N–H and O–H groups in total. The lowest BCUT2D eigenvalue weighted by Gasteiger charge is -2.17. The number of aromatic nitrogens is 3. The summed E-state index contributed by atoms with van der Waals surface area (Å²) in [6.45, 7) is 3.95. The third-order valence-corrected chi connectivity index (χ3v) is 5.03. The van der Waals surface area contributed by atoms with Gasteiger partial charge < -0.3 is 23.8 Å². The summed E-state index contributed by atoms with van der Waals surface area (Å²) in [6, 6.07) is 6.44. The van der Waals surface area contributed by atoms with E-state index >= 15 is 0 Å². The van der Waals surface area contributed by atoms with Crippen molar-refractivity contribution in [2.45, 2.75) is 38.6 Å². The zero-order valence-electron chi connectivity index (χ0n) is 17.3. The van der Waals surface area contributed by atoms with Crippen LogP contribution in [0.15, 0.2) is 33.3 Å². The van der Waals surface area contributed by atoms with Gasteiger partial charge in [-0.3, -0.25) is 4.79 Å². The van der Waals surface area contributed by atoms with Crippen LogP contribution >= 0.6 is 0 Å². The van der Waals surface area contributed by atoms with Crippen molar-refractivity contribution in [1.29, 1.82) is 0 Å². The second kappa shape index (κ2) is 8.17. The Hall–Kier alpha value is -3.36. The lowest BCUT2D eigenvalue weighted by Crippen LogP contribution is -2.32. The zero-order chi connectivity index (χ0) is 21.3. The Morgan fingerprint density at radius 1 is 1.13 bits per heavy atom. The quantitative estimate of drug-likeness (QED) is 0.595. The van der Waals surface area contributed by atoms with E-state index in [1.807, 2.05) is 13.8 Å². The maximum atomic E-state index is 12.8. The fourth-order valence-corrected chi connectivity index (χ4v) is 3.13. The number of hydrogen-bond acceptors (Lipinski definition) is 8. The Bertz CT molecular complexity index is 1040. The van der Waals surface area contributed by atoms with Crippen molar-refractivity contribution in [1.82, 2.24) is 20.6 Å². The molecule has 1 saturated carbocycles. The number of rotatable bonds is 8. The molecular weight excluding hydrogens is 388 g/mol. The first kappa shape index (κ1) is 19.9. The van der Waals surface area contributed by atoms with E-state index in [4.69, 9.17) is 18.5 Å². The lowest BCUT2D eigenvalue weighted by atomic mass is 10.0. The van der Waals surface area contributed by atoms with Crippen molar-refractivity contribution >= 4 is 5.91 Å². The highest BCUT2D eigenvalue weighted by atomic mass is 16.5. The summed E-state index contributed by atoms with van der Waals surface area (Å²) in [7, 11) is 3.13. The monoisotopic (exact) mass is 412 g/mol. The third-order valence-electron chi connectivity index (χ3n) is 5.03. The van der Waals surface area contributed by atoms with Gasteiger partial charge in [0, 0.05) is 12.0 Å². The van der Waals surface area contributed by atoms with Crippen LogP contribution in [-0.2, 0) is 0 Å². The average molecular weight is 412 g/mol. The maximum absolute atomic E-state index is 12.8. The Kier molecular flexibility index (Phi) is 5.43. The predicted molar refractivity (Wildman–Crippen MR) is 106 cm³/mol. The highest BCUT2D eigenvalue weighted by molar-refractivity contribution is 5.93. The average Bonchev–Trinajstić information content (AvgIpc) is 3.28. The van der Waals surface area contributed by atoms with Gasteiger partial charge in [0.2, 0.25) is 5.89 Å². The van der Waals surface area contributed by atoms with Gasteiger partial charge in [-0.25, -0.2) is 0 Å². The van der Waals surface area contributed by atoms with Crippen LogP contribution in [0.2, 0.25) is 0 Å². The van der Waals surface area contributed by atoms with E-state index < -0.39 is 11.9 Å². The second-order valence-corrected chi connectivity index (χ2v) is 7.60. The molecular formula is C21H24N4O5. The van der Waals surface area contributed by atoms with E-state index in [0.717, 1.165) is 12.8 Å². The molecule has 0 saturated heterocycles. The molecule has 158 valence electrons. The van der Waals surface area contributed by atoms with E-state index in [2.05, 4.69) is 20.6 Å². The van der Waals surface area contributed by atoms with E-state index in [9.17, 15) is 4.79 Å². The summed E-state index contributed by atoms with van der Waals surface area (Å²) in [5.74, 6) is 2.75. The third kappa shape index (κ3) is 4.00. The molecule has 1 aromatic carbocycles. The Balaban J connectivity index is 1.54. The summed E-state index contributed by atoms with van der Waals surface area (Å²) < 4.78 is 21.5. The number of hydrogen-bond donors (Lipinski definition) is 1. The van der Waals surface area contributed by atoms with Crippen LogP contribution in [0.3, 0.4) is 0 Å². The van der Waals surface area contributed by atoms with Gasteiger partial charge in [-0.15, -0.1) is 0 Å². The molecule has 0 radical (unpaired) electrons. The number of methoxy groups -OCH3 is 2. The van der Waals surface area contributed by atoms with Crippen LogP contribution < -0.4 is 14.8 Å². The topological polar surface area (TPSA) is 113 Å².